The molecule has 3 heterocycles. The number of hydrogen-bond donors (Lipinski definition) is 0. The summed E-state index contributed by atoms with van der Waals surface area (Å²) >= 11 is 0. The number of sulfonamides is 1. The van der Waals surface area contributed by atoms with Gasteiger partial charge in [0, 0.05) is 51.2 Å². The average molecular weight is 387 g/mol. The molecule has 2 aromatic rings. The molecule has 4 rings (SSSR count). The first kappa shape index (κ1) is 18.3. The van der Waals surface area contributed by atoms with Crippen molar-refractivity contribution in [1.82, 2.24) is 9.29 Å². The van der Waals surface area contributed by atoms with E-state index in [2.05, 4.69) is 46.0 Å². The first-order chi connectivity index (χ1) is 13.1. The van der Waals surface area contributed by atoms with Crippen molar-refractivity contribution in [2.24, 2.45) is 0 Å². The van der Waals surface area contributed by atoms with Gasteiger partial charge in [-0.3, -0.25) is 0 Å². The molecule has 144 valence electrons. The topological polar surface area (TPSA) is 56.8 Å². The predicted octanol–water partition coefficient (Wildman–Crippen LogP) is 2.50. The zero-order valence-electron chi connectivity index (χ0n) is 15.7. The van der Waals surface area contributed by atoms with Crippen LogP contribution in [-0.2, 0) is 10.0 Å². The van der Waals surface area contributed by atoms with Crippen molar-refractivity contribution in [2.75, 3.05) is 49.1 Å². The van der Waals surface area contributed by atoms with E-state index in [0.717, 1.165) is 44.8 Å². The van der Waals surface area contributed by atoms with Crippen LogP contribution in [0.15, 0.2) is 47.5 Å². The molecular weight excluding hydrogens is 360 g/mol. The highest BCUT2D eigenvalue weighted by Crippen LogP contribution is 2.24. The van der Waals surface area contributed by atoms with Crippen LogP contribution in [0.2, 0.25) is 0 Å². The van der Waals surface area contributed by atoms with Crippen molar-refractivity contribution in [3.8, 4) is 0 Å². The fourth-order valence-electron chi connectivity index (χ4n) is 3.88. The Morgan fingerprint density at radius 2 is 1.52 bits per heavy atom. The molecule has 1 aromatic carbocycles. The first-order valence-corrected chi connectivity index (χ1v) is 11.0. The van der Waals surface area contributed by atoms with E-state index in [1.54, 1.807) is 10.4 Å². The van der Waals surface area contributed by atoms with Gasteiger partial charge < -0.3 is 9.80 Å². The Kier molecular flexibility index (Phi) is 5.06. The summed E-state index contributed by atoms with van der Waals surface area (Å²) in [4.78, 5) is 9.38. The number of hydrogen-bond acceptors (Lipinski definition) is 5. The fourth-order valence-corrected chi connectivity index (χ4v) is 5.35. The van der Waals surface area contributed by atoms with E-state index in [9.17, 15) is 8.42 Å². The lowest BCUT2D eigenvalue weighted by Gasteiger charge is -2.37. The molecule has 2 saturated heterocycles. The number of para-hydroxylation sites is 1. The van der Waals surface area contributed by atoms with Crippen LogP contribution < -0.4 is 9.80 Å². The van der Waals surface area contributed by atoms with Crippen molar-refractivity contribution in [2.45, 2.75) is 24.7 Å². The van der Waals surface area contributed by atoms with Crippen LogP contribution in [-0.4, -0.2) is 57.0 Å². The van der Waals surface area contributed by atoms with Gasteiger partial charge in [-0.25, -0.2) is 13.4 Å². The summed E-state index contributed by atoms with van der Waals surface area (Å²) in [5.41, 5.74) is 2.58. The molecule has 7 heteroatoms. The van der Waals surface area contributed by atoms with E-state index in [1.807, 2.05) is 6.07 Å². The molecule has 2 aliphatic rings. The summed E-state index contributed by atoms with van der Waals surface area (Å²) in [7, 11) is -3.39. The average Bonchev–Trinajstić information content (AvgIpc) is 3.24. The summed E-state index contributed by atoms with van der Waals surface area (Å²) in [6.45, 7) is 6.98. The third-order valence-electron chi connectivity index (χ3n) is 5.48. The lowest BCUT2D eigenvalue weighted by Crippen LogP contribution is -2.47. The van der Waals surface area contributed by atoms with E-state index in [1.165, 1.54) is 17.4 Å². The van der Waals surface area contributed by atoms with Crippen LogP contribution in [0.25, 0.3) is 0 Å². The van der Waals surface area contributed by atoms with E-state index in [-0.39, 0.29) is 0 Å². The van der Waals surface area contributed by atoms with E-state index >= 15 is 0 Å². The quantitative estimate of drug-likeness (QED) is 0.808. The molecule has 0 amide bonds. The molecule has 0 N–H and O–H groups in total. The van der Waals surface area contributed by atoms with Gasteiger partial charge in [0.25, 0.3) is 0 Å². The van der Waals surface area contributed by atoms with Crippen LogP contribution >= 0.6 is 0 Å². The summed E-state index contributed by atoms with van der Waals surface area (Å²) in [6, 6.07) is 12.0. The van der Waals surface area contributed by atoms with Crippen molar-refractivity contribution in [1.29, 1.82) is 0 Å². The minimum Gasteiger partial charge on any atom is -0.368 e. The van der Waals surface area contributed by atoms with E-state index in [0.29, 0.717) is 18.0 Å². The molecule has 2 fully saturated rings. The molecule has 0 aliphatic carbocycles. The second kappa shape index (κ2) is 7.48. The normalized spacial score (nSPS) is 18.9. The summed E-state index contributed by atoms with van der Waals surface area (Å²) in [6.07, 6.45) is 3.39. The molecule has 0 atom stereocenters. The molecule has 1 aromatic heterocycles. The summed E-state index contributed by atoms with van der Waals surface area (Å²) < 4.78 is 26.8. The number of piperazine rings is 1. The highest BCUT2D eigenvalue weighted by Gasteiger charge is 2.28. The zero-order valence-corrected chi connectivity index (χ0v) is 16.5. The van der Waals surface area contributed by atoms with Crippen molar-refractivity contribution < 1.29 is 8.42 Å². The Labute approximate surface area is 161 Å². The fraction of sp³-hybridized carbons (Fsp3) is 0.450. The van der Waals surface area contributed by atoms with Crippen LogP contribution in [0.3, 0.4) is 0 Å². The number of anilines is 2. The number of aromatic nitrogens is 1. The van der Waals surface area contributed by atoms with Gasteiger partial charge in [-0.05, 0) is 43.5 Å². The van der Waals surface area contributed by atoms with Gasteiger partial charge in [-0.15, -0.1) is 0 Å². The second-order valence-electron chi connectivity index (χ2n) is 7.22. The van der Waals surface area contributed by atoms with Gasteiger partial charge in [0.05, 0.1) is 0 Å². The lowest BCUT2D eigenvalue weighted by molar-refractivity contribution is 0.477. The van der Waals surface area contributed by atoms with Gasteiger partial charge in [0.15, 0.2) is 0 Å². The summed E-state index contributed by atoms with van der Waals surface area (Å²) in [5.74, 6) is 0.847. The van der Waals surface area contributed by atoms with Crippen LogP contribution in [0, 0.1) is 6.92 Å². The largest absolute Gasteiger partial charge is 0.368 e. The standard InChI is InChI=1S/C20H26N4O2S/c1-17-6-2-3-7-19(17)22-12-14-23(15-13-22)20-9-8-18(16-21-20)27(25,26)24-10-4-5-11-24/h2-3,6-9,16H,4-5,10-15H2,1H3. The predicted molar refractivity (Wildman–Crippen MR) is 108 cm³/mol. The summed E-state index contributed by atoms with van der Waals surface area (Å²) in [5, 5.41) is 0. The van der Waals surface area contributed by atoms with E-state index in [4.69, 9.17) is 0 Å². The second-order valence-corrected chi connectivity index (χ2v) is 9.16. The zero-order chi connectivity index (χ0) is 18.9. The molecule has 0 bridgehead atoms. The maximum absolute atomic E-state index is 12.6. The highest BCUT2D eigenvalue weighted by molar-refractivity contribution is 7.89. The van der Waals surface area contributed by atoms with Gasteiger partial charge in [-0.2, -0.15) is 4.31 Å². The first-order valence-electron chi connectivity index (χ1n) is 9.57. The monoisotopic (exact) mass is 386 g/mol. The molecular formula is C20H26N4O2S. The Bertz CT molecular complexity index is 884. The van der Waals surface area contributed by atoms with Gasteiger partial charge in [0.2, 0.25) is 10.0 Å². The molecule has 0 unspecified atom stereocenters. The highest BCUT2D eigenvalue weighted by atomic mass is 32.2. The Morgan fingerprint density at radius 3 is 2.15 bits per heavy atom. The Hall–Kier alpha value is -2.12. The van der Waals surface area contributed by atoms with Gasteiger partial charge in [0.1, 0.15) is 10.7 Å². The van der Waals surface area contributed by atoms with Crippen molar-refractivity contribution in [3.63, 3.8) is 0 Å². The lowest BCUT2D eigenvalue weighted by atomic mass is 10.1. The molecule has 0 radical (unpaired) electrons. The number of nitrogens with zero attached hydrogens (tertiary/aromatic N) is 4. The SMILES string of the molecule is Cc1ccccc1N1CCN(c2ccc(S(=O)(=O)N3CCCC3)cn2)CC1. The molecule has 27 heavy (non-hydrogen) atoms. The minimum absolute atomic E-state index is 0.298. The third-order valence-corrected chi connectivity index (χ3v) is 7.37. The smallest absolute Gasteiger partial charge is 0.244 e. The maximum atomic E-state index is 12.6. The van der Waals surface area contributed by atoms with Crippen LogP contribution in [0.4, 0.5) is 11.5 Å². The number of aryl methyl sites for hydroxylation is 1. The van der Waals surface area contributed by atoms with Crippen LogP contribution in [0.5, 0.6) is 0 Å². The Morgan fingerprint density at radius 1 is 0.852 bits per heavy atom. The van der Waals surface area contributed by atoms with Crippen molar-refractivity contribution in [3.05, 3.63) is 48.2 Å². The maximum Gasteiger partial charge on any atom is 0.244 e. The van der Waals surface area contributed by atoms with Crippen molar-refractivity contribution >= 4 is 21.5 Å². The molecule has 0 saturated carbocycles. The van der Waals surface area contributed by atoms with Gasteiger partial charge >= 0.3 is 0 Å². The van der Waals surface area contributed by atoms with Crippen LogP contribution in [0.1, 0.15) is 18.4 Å². The molecule has 0 spiro atoms. The Balaban J connectivity index is 1.43. The number of rotatable bonds is 4. The molecule has 6 nitrogen and oxygen atoms in total. The minimum atomic E-state index is -3.39. The third kappa shape index (κ3) is 3.66. The van der Waals surface area contributed by atoms with Gasteiger partial charge in [-0.1, -0.05) is 18.2 Å². The molecule has 2 aliphatic heterocycles. The number of benzene rings is 1. The number of pyridine rings is 1. The van der Waals surface area contributed by atoms with E-state index < -0.39 is 10.0 Å².